The predicted molar refractivity (Wildman–Crippen MR) is 159 cm³/mol. The molecule has 11 heteroatoms. The number of nitrogens with one attached hydrogen (secondary N) is 1. The average molecular weight is 582 g/mol. The van der Waals surface area contributed by atoms with E-state index in [1.165, 1.54) is 23.1 Å². The first-order valence-corrected chi connectivity index (χ1v) is 14.7. The summed E-state index contributed by atoms with van der Waals surface area (Å²) in [4.78, 5) is 28.0. The molecule has 5 rings (SSSR count). The number of nitrogens with zero attached hydrogens (tertiary/aromatic N) is 5. The summed E-state index contributed by atoms with van der Waals surface area (Å²) in [6.45, 7) is 6.05. The second-order valence-corrected chi connectivity index (χ2v) is 12.9. The first kappa shape index (κ1) is 28.1. The monoisotopic (exact) mass is 581 g/mol. The summed E-state index contributed by atoms with van der Waals surface area (Å²) < 4.78 is 0.527. The predicted octanol–water partition coefficient (Wildman–Crippen LogP) is 5.39. The van der Waals surface area contributed by atoms with Crippen LogP contribution in [0.25, 0.3) is 0 Å². The molecule has 1 unspecified atom stereocenters. The van der Waals surface area contributed by atoms with E-state index in [0.29, 0.717) is 44.7 Å². The molecule has 1 aliphatic heterocycles. The average Bonchev–Trinajstić information content (AvgIpc) is 3.40. The fourth-order valence-corrected chi connectivity index (χ4v) is 6.98. The number of anilines is 2. The van der Waals surface area contributed by atoms with Crippen LogP contribution in [0, 0.1) is 35.0 Å². The lowest BCUT2D eigenvalue weighted by molar-refractivity contribution is -0.118. The van der Waals surface area contributed by atoms with Gasteiger partial charge in [-0.05, 0) is 42.0 Å². The minimum Gasteiger partial charge on any atom is -0.384 e. The highest BCUT2D eigenvalue weighted by atomic mass is 32.2. The molecule has 1 amide bonds. The fraction of sp³-hybridized carbons (Fsp3) is 0.267. The molecule has 2 aromatic carbocycles. The van der Waals surface area contributed by atoms with E-state index in [9.17, 15) is 20.1 Å². The standard InChI is InChI=1S/C30H27N7O2S2/c1-17-8-4-6-10-19(17)25-20(15-32)27(33)37(22-12-30(2,3)13-23(38)26(22)25)28-35-36-29(41-28)40-16-24(39)34-21-11-7-5-9-18(21)14-31/h4-11,25H,12-13,16,33H2,1-3H3,(H,34,39). The maximum atomic E-state index is 13.7. The van der Waals surface area contributed by atoms with Crippen LogP contribution in [-0.2, 0) is 9.59 Å². The fourth-order valence-electron chi connectivity index (χ4n) is 5.30. The van der Waals surface area contributed by atoms with Crippen molar-refractivity contribution in [1.29, 1.82) is 10.5 Å². The lowest BCUT2D eigenvalue weighted by atomic mass is 9.68. The number of rotatable bonds is 6. The van der Waals surface area contributed by atoms with Gasteiger partial charge in [-0.1, -0.05) is 73.3 Å². The summed E-state index contributed by atoms with van der Waals surface area (Å²) >= 11 is 2.44. The highest BCUT2D eigenvalue weighted by Gasteiger charge is 2.45. The number of para-hydroxylation sites is 1. The summed E-state index contributed by atoms with van der Waals surface area (Å²) in [5, 5.41) is 31.3. The molecule has 206 valence electrons. The van der Waals surface area contributed by atoms with Gasteiger partial charge in [-0.2, -0.15) is 10.5 Å². The number of allylic oxidation sites excluding steroid dienone is 3. The van der Waals surface area contributed by atoms with Crippen molar-refractivity contribution < 1.29 is 9.59 Å². The topological polar surface area (TPSA) is 149 Å². The van der Waals surface area contributed by atoms with E-state index in [-0.39, 0.29) is 28.7 Å². The Morgan fingerprint density at radius 3 is 2.61 bits per heavy atom. The Labute approximate surface area is 246 Å². The summed E-state index contributed by atoms with van der Waals surface area (Å²) in [6, 6.07) is 18.9. The number of aromatic nitrogens is 2. The van der Waals surface area contributed by atoms with E-state index in [4.69, 9.17) is 5.73 Å². The third-order valence-electron chi connectivity index (χ3n) is 7.12. The second kappa shape index (κ2) is 11.2. The zero-order chi connectivity index (χ0) is 29.3. The number of carbonyl (C=O) groups is 2. The number of amides is 1. The van der Waals surface area contributed by atoms with Crippen LogP contribution < -0.4 is 16.0 Å². The van der Waals surface area contributed by atoms with Gasteiger partial charge in [-0.3, -0.25) is 14.5 Å². The van der Waals surface area contributed by atoms with E-state index in [2.05, 4.69) is 27.7 Å². The van der Waals surface area contributed by atoms with Crippen molar-refractivity contribution in [3.8, 4) is 12.1 Å². The van der Waals surface area contributed by atoms with Gasteiger partial charge in [-0.15, -0.1) is 10.2 Å². The SMILES string of the molecule is Cc1ccccc1C1C(C#N)=C(N)N(c2nnc(SCC(=O)Nc3ccccc3C#N)s2)C2=C1C(=O)CC(C)(C)C2. The zero-order valence-electron chi connectivity index (χ0n) is 22.8. The molecule has 0 saturated heterocycles. The zero-order valence-corrected chi connectivity index (χ0v) is 24.4. The largest absolute Gasteiger partial charge is 0.384 e. The van der Waals surface area contributed by atoms with Crippen LogP contribution in [0.4, 0.5) is 10.8 Å². The molecule has 0 saturated carbocycles. The molecule has 1 atom stereocenters. The van der Waals surface area contributed by atoms with Gasteiger partial charge in [0.1, 0.15) is 11.9 Å². The van der Waals surface area contributed by atoms with E-state index in [0.717, 1.165) is 16.8 Å². The Morgan fingerprint density at radius 2 is 1.88 bits per heavy atom. The van der Waals surface area contributed by atoms with Crippen molar-refractivity contribution in [1.82, 2.24) is 10.2 Å². The van der Waals surface area contributed by atoms with E-state index in [1.807, 2.05) is 45.0 Å². The first-order chi connectivity index (χ1) is 19.6. The Morgan fingerprint density at radius 1 is 1.15 bits per heavy atom. The molecular weight excluding hydrogens is 555 g/mol. The number of aryl methyl sites for hydroxylation is 1. The van der Waals surface area contributed by atoms with Gasteiger partial charge in [0.15, 0.2) is 10.1 Å². The summed E-state index contributed by atoms with van der Waals surface area (Å²) in [7, 11) is 0. The van der Waals surface area contributed by atoms with Crippen molar-refractivity contribution in [2.75, 3.05) is 16.0 Å². The van der Waals surface area contributed by atoms with Crippen LogP contribution in [0.15, 0.2) is 75.5 Å². The number of benzene rings is 2. The summed E-state index contributed by atoms with van der Waals surface area (Å²) in [5.74, 6) is -0.577. The van der Waals surface area contributed by atoms with E-state index < -0.39 is 5.92 Å². The number of hydrogen-bond acceptors (Lipinski definition) is 10. The van der Waals surface area contributed by atoms with Gasteiger partial charge in [0.2, 0.25) is 11.0 Å². The van der Waals surface area contributed by atoms with Crippen molar-refractivity contribution in [2.24, 2.45) is 11.1 Å². The summed E-state index contributed by atoms with van der Waals surface area (Å²) in [6.07, 6.45) is 0.931. The highest BCUT2D eigenvalue weighted by Crippen LogP contribution is 2.51. The normalized spacial score (nSPS) is 18.0. The Kier molecular flexibility index (Phi) is 7.68. The Balaban J connectivity index is 1.47. The highest BCUT2D eigenvalue weighted by molar-refractivity contribution is 8.01. The number of Topliss-reactive ketones (excluding diaryl/α,β-unsaturated/α-hetero) is 1. The van der Waals surface area contributed by atoms with Crippen molar-refractivity contribution in [3.63, 3.8) is 0 Å². The van der Waals surface area contributed by atoms with Crippen LogP contribution >= 0.6 is 23.1 Å². The number of carbonyl (C=O) groups excluding carboxylic acids is 2. The molecule has 41 heavy (non-hydrogen) atoms. The lowest BCUT2D eigenvalue weighted by Gasteiger charge is -2.42. The molecule has 1 aromatic heterocycles. The van der Waals surface area contributed by atoms with Crippen molar-refractivity contribution >= 4 is 45.6 Å². The third kappa shape index (κ3) is 5.47. The molecule has 0 fully saturated rings. The Bertz CT molecular complexity index is 1710. The first-order valence-electron chi connectivity index (χ1n) is 12.9. The van der Waals surface area contributed by atoms with Crippen molar-refractivity contribution in [3.05, 3.63) is 87.9 Å². The molecule has 9 nitrogen and oxygen atoms in total. The number of hydrogen-bond donors (Lipinski definition) is 2. The lowest BCUT2D eigenvalue weighted by Crippen LogP contribution is -2.42. The van der Waals surface area contributed by atoms with Gasteiger partial charge in [0.25, 0.3) is 0 Å². The van der Waals surface area contributed by atoms with Gasteiger partial charge < -0.3 is 11.1 Å². The third-order valence-corrected chi connectivity index (χ3v) is 9.16. The van der Waals surface area contributed by atoms with Gasteiger partial charge in [0, 0.05) is 17.7 Å². The second-order valence-electron chi connectivity index (χ2n) is 10.7. The molecule has 0 spiro atoms. The molecule has 3 aromatic rings. The minimum atomic E-state index is -0.558. The maximum Gasteiger partial charge on any atom is 0.234 e. The number of ketones is 1. The molecule has 0 bridgehead atoms. The van der Waals surface area contributed by atoms with Crippen molar-refractivity contribution in [2.45, 2.75) is 43.9 Å². The van der Waals surface area contributed by atoms with Crippen LogP contribution in [0.2, 0.25) is 0 Å². The molecule has 0 radical (unpaired) electrons. The smallest absolute Gasteiger partial charge is 0.234 e. The van der Waals surface area contributed by atoms with Crippen LogP contribution in [0.1, 0.15) is 49.3 Å². The van der Waals surface area contributed by atoms with Crippen LogP contribution in [0.5, 0.6) is 0 Å². The van der Waals surface area contributed by atoms with Gasteiger partial charge in [0.05, 0.1) is 34.6 Å². The molecular formula is C30H27N7O2S2. The quantitative estimate of drug-likeness (QED) is 0.365. The number of nitrogens with two attached hydrogens (primary N) is 1. The van der Waals surface area contributed by atoms with Gasteiger partial charge >= 0.3 is 0 Å². The Hall–Kier alpha value is -4.45. The van der Waals surface area contributed by atoms with E-state index in [1.54, 1.807) is 29.2 Å². The molecule has 3 N–H and O–H groups in total. The molecule has 1 aliphatic carbocycles. The number of thioether (sulfide) groups is 1. The van der Waals surface area contributed by atoms with Crippen LogP contribution in [-0.4, -0.2) is 27.6 Å². The molecule has 2 aliphatic rings. The maximum absolute atomic E-state index is 13.7. The number of nitriles is 2. The minimum absolute atomic E-state index is 0.0109. The van der Waals surface area contributed by atoms with Crippen LogP contribution in [0.3, 0.4) is 0 Å². The van der Waals surface area contributed by atoms with E-state index >= 15 is 0 Å². The van der Waals surface area contributed by atoms with Gasteiger partial charge in [-0.25, -0.2) is 0 Å². The molecule has 2 heterocycles. The summed E-state index contributed by atoms with van der Waals surface area (Å²) in [5.41, 5.74) is 10.7.